The Labute approximate surface area is 232 Å². The predicted octanol–water partition coefficient (Wildman–Crippen LogP) is 7.08. The summed E-state index contributed by atoms with van der Waals surface area (Å²) in [5, 5.41) is 0.105. The highest BCUT2D eigenvalue weighted by Crippen LogP contribution is 2.40. The zero-order valence-electron chi connectivity index (χ0n) is 26.3. The third-order valence-corrected chi connectivity index (χ3v) is 18.5. The number of ether oxygens (including phenoxy) is 2. The molecule has 0 aliphatic carbocycles. The minimum Gasteiger partial charge on any atom is -0.493 e. The smallest absolute Gasteiger partial charge is 0.192 e. The zero-order chi connectivity index (χ0) is 29.0. The molecule has 1 aromatic carbocycles. The summed E-state index contributed by atoms with van der Waals surface area (Å²) >= 11 is 0. The highest BCUT2D eigenvalue weighted by Gasteiger charge is 2.43. The van der Waals surface area contributed by atoms with Gasteiger partial charge in [0.2, 0.25) is 0 Å². The number of nitrogens with one attached hydrogen (secondary N) is 1. The Morgan fingerprint density at radius 3 is 1.78 bits per heavy atom. The van der Waals surface area contributed by atoms with Crippen molar-refractivity contribution in [2.45, 2.75) is 122 Å². The second-order valence-corrected chi connectivity index (χ2v) is 25.6. The first-order chi connectivity index (χ1) is 16.6. The standard InChI is InChI=1S/C28H55NO5SSi2/c1-26(2,3)35(30)29-22(18-21-16-17-23(31-10)24(19-21)32-11)25(34-37(14,15)28(7,8)9)20-33-36(12,13)27(4,5)6/h16-17,19,22,25,29H,18,20H2,1-15H3/t22-,25+,35-/m0/s1. The van der Waals surface area contributed by atoms with E-state index in [4.69, 9.17) is 18.3 Å². The van der Waals surface area contributed by atoms with Crippen LogP contribution in [0.15, 0.2) is 18.2 Å². The summed E-state index contributed by atoms with van der Waals surface area (Å²) in [5.74, 6) is 1.36. The molecule has 3 atom stereocenters. The van der Waals surface area contributed by atoms with Gasteiger partial charge in [-0.2, -0.15) is 0 Å². The molecule has 0 heterocycles. The molecule has 9 heteroatoms. The average molecular weight is 574 g/mol. The zero-order valence-corrected chi connectivity index (χ0v) is 29.1. The first-order valence-corrected chi connectivity index (χ1v) is 20.2. The van der Waals surface area contributed by atoms with Crippen LogP contribution >= 0.6 is 0 Å². The maximum atomic E-state index is 13.4. The van der Waals surface area contributed by atoms with E-state index in [0.717, 1.165) is 5.56 Å². The van der Waals surface area contributed by atoms with Gasteiger partial charge in [-0.05, 0) is 81.2 Å². The van der Waals surface area contributed by atoms with Crippen LogP contribution in [0.2, 0.25) is 36.3 Å². The summed E-state index contributed by atoms with van der Waals surface area (Å²) in [6.45, 7) is 28.9. The molecule has 0 aromatic heterocycles. The number of benzene rings is 1. The van der Waals surface area contributed by atoms with E-state index < -0.39 is 32.4 Å². The van der Waals surface area contributed by atoms with Crippen LogP contribution in [0.3, 0.4) is 0 Å². The molecule has 0 saturated carbocycles. The summed E-state index contributed by atoms with van der Waals surface area (Å²) in [6, 6.07) is 5.72. The van der Waals surface area contributed by atoms with Crippen molar-refractivity contribution in [3.8, 4) is 11.5 Å². The molecule has 37 heavy (non-hydrogen) atoms. The molecule has 0 bridgehead atoms. The third-order valence-electron chi connectivity index (χ3n) is 7.83. The lowest BCUT2D eigenvalue weighted by molar-refractivity contribution is 0.0823. The van der Waals surface area contributed by atoms with E-state index in [2.05, 4.69) is 72.5 Å². The lowest BCUT2D eigenvalue weighted by Crippen LogP contribution is -2.56. The number of hydrogen-bond acceptors (Lipinski definition) is 5. The molecule has 0 radical (unpaired) electrons. The van der Waals surface area contributed by atoms with Crippen molar-refractivity contribution < 1.29 is 22.5 Å². The van der Waals surface area contributed by atoms with Crippen LogP contribution in [0.4, 0.5) is 0 Å². The van der Waals surface area contributed by atoms with Crippen LogP contribution in [-0.2, 0) is 26.3 Å². The molecule has 0 amide bonds. The van der Waals surface area contributed by atoms with Crippen molar-refractivity contribution in [1.82, 2.24) is 4.72 Å². The van der Waals surface area contributed by atoms with Crippen molar-refractivity contribution in [2.24, 2.45) is 0 Å². The van der Waals surface area contributed by atoms with Gasteiger partial charge >= 0.3 is 0 Å². The maximum absolute atomic E-state index is 13.4. The highest BCUT2D eigenvalue weighted by atomic mass is 32.2. The van der Waals surface area contributed by atoms with Crippen LogP contribution in [0.25, 0.3) is 0 Å². The third kappa shape index (κ3) is 9.76. The molecule has 6 nitrogen and oxygen atoms in total. The molecule has 0 fully saturated rings. The molecule has 216 valence electrons. The van der Waals surface area contributed by atoms with Gasteiger partial charge in [-0.25, -0.2) is 8.93 Å². The monoisotopic (exact) mass is 573 g/mol. The SMILES string of the molecule is COc1ccc(C[C@H](N[S@@](=O)C(C)(C)C)[C@@H](CO[Si](C)(C)C(C)(C)C)O[Si](C)(C)C(C)(C)C)cc1OC. The van der Waals surface area contributed by atoms with Crippen LogP contribution in [0.5, 0.6) is 11.5 Å². The Kier molecular flexibility index (Phi) is 11.7. The number of hydrogen-bond donors (Lipinski definition) is 1. The molecule has 0 spiro atoms. The molecule has 0 unspecified atom stereocenters. The van der Waals surface area contributed by atoms with E-state index in [0.29, 0.717) is 24.5 Å². The van der Waals surface area contributed by atoms with E-state index in [1.807, 2.05) is 39.0 Å². The van der Waals surface area contributed by atoms with Gasteiger partial charge < -0.3 is 18.3 Å². The fraction of sp³-hybridized carbons (Fsp3) is 0.786. The van der Waals surface area contributed by atoms with E-state index in [1.54, 1.807) is 14.2 Å². The summed E-state index contributed by atoms with van der Waals surface area (Å²) < 4.78 is 41.2. The van der Waals surface area contributed by atoms with E-state index >= 15 is 0 Å². The van der Waals surface area contributed by atoms with Crippen molar-refractivity contribution in [3.05, 3.63) is 23.8 Å². The lowest BCUT2D eigenvalue weighted by Gasteiger charge is -2.44. The topological polar surface area (TPSA) is 66.0 Å². The normalized spacial score (nSPS) is 16.3. The van der Waals surface area contributed by atoms with Crippen molar-refractivity contribution >= 4 is 27.6 Å². The van der Waals surface area contributed by atoms with Gasteiger partial charge in [0.1, 0.15) is 0 Å². The van der Waals surface area contributed by atoms with Gasteiger partial charge in [-0.3, -0.25) is 0 Å². The molecule has 1 rings (SSSR count). The van der Waals surface area contributed by atoms with Crippen molar-refractivity contribution in [3.63, 3.8) is 0 Å². The minimum absolute atomic E-state index is 0.0271. The quantitative estimate of drug-likeness (QED) is 0.271. The lowest BCUT2D eigenvalue weighted by atomic mass is 10.0. The van der Waals surface area contributed by atoms with Gasteiger partial charge in [-0.15, -0.1) is 0 Å². The van der Waals surface area contributed by atoms with Gasteiger partial charge in [0.05, 0.1) is 48.7 Å². The first kappa shape index (κ1) is 34.3. The van der Waals surface area contributed by atoms with Crippen LogP contribution < -0.4 is 14.2 Å². The molecule has 1 N–H and O–H groups in total. The van der Waals surface area contributed by atoms with E-state index in [-0.39, 0.29) is 22.2 Å². The van der Waals surface area contributed by atoms with Gasteiger partial charge in [-0.1, -0.05) is 47.6 Å². The highest BCUT2D eigenvalue weighted by molar-refractivity contribution is 7.84. The number of rotatable bonds is 12. The Hall–Kier alpha value is -0.716. The van der Waals surface area contributed by atoms with Crippen LogP contribution in [0, 0.1) is 0 Å². The Morgan fingerprint density at radius 1 is 0.838 bits per heavy atom. The summed E-state index contributed by atoms with van der Waals surface area (Å²) in [7, 11) is -2.21. The van der Waals surface area contributed by atoms with Crippen LogP contribution in [0.1, 0.15) is 67.9 Å². The second-order valence-electron chi connectivity index (χ2n) is 14.0. The number of methoxy groups -OCH3 is 2. The fourth-order valence-corrected chi connectivity index (χ4v) is 6.34. The molecular formula is C28H55NO5SSi2. The van der Waals surface area contributed by atoms with Gasteiger partial charge in [0, 0.05) is 0 Å². The summed E-state index contributed by atoms with van der Waals surface area (Å²) in [6.07, 6.45) is 0.344. The molecule has 0 saturated heterocycles. The van der Waals surface area contributed by atoms with Crippen molar-refractivity contribution in [1.29, 1.82) is 0 Å². The van der Waals surface area contributed by atoms with E-state index in [1.165, 1.54) is 0 Å². The van der Waals surface area contributed by atoms with Crippen molar-refractivity contribution in [2.75, 3.05) is 20.8 Å². The molecule has 0 aliphatic rings. The Bertz CT molecular complexity index is 901. The Morgan fingerprint density at radius 2 is 1.35 bits per heavy atom. The second kappa shape index (κ2) is 12.6. The Balaban J connectivity index is 3.53. The predicted molar refractivity (Wildman–Crippen MR) is 163 cm³/mol. The molecule has 1 aromatic rings. The molecule has 0 aliphatic heterocycles. The van der Waals surface area contributed by atoms with Gasteiger partial charge in [0.15, 0.2) is 28.1 Å². The summed E-state index contributed by atoms with van der Waals surface area (Å²) in [4.78, 5) is 0. The van der Waals surface area contributed by atoms with Crippen LogP contribution in [-0.4, -0.2) is 58.6 Å². The summed E-state index contributed by atoms with van der Waals surface area (Å²) in [5.41, 5.74) is 1.05. The van der Waals surface area contributed by atoms with Gasteiger partial charge in [0.25, 0.3) is 0 Å². The van der Waals surface area contributed by atoms with E-state index in [9.17, 15) is 4.21 Å². The largest absolute Gasteiger partial charge is 0.493 e. The minimum atomic E-state index is -2.17. The molecular weight excluding hydrogens is 519 g/mol. The maximum Gasteiger partial charge on any atom is 0.192 e. The average Bonchev–Trinajstić information content (AvgIpc) is 2.73. The fourth-order valence-electron chi connectivity index (χ4n) is 3.12. The first-order valence-electron chi connectivity index (χ1n) is 13.3.